The molecule has 92 valence electrons. The lowest BCUT2D eigenvalue weighted by atomic mass is 9.83. The fraction of sp³-hybridized carbons (Fsp3) is 0.909. The molecule has 3 atom stereocenters. The Kier molecular flexibility index (Phi) is 4.71. The Morgan fingerprint density at radius 3 is 2.62 bits per heavy atom. The molecule has 0 saturated heterocycles. The Hall–Kier alpha value is -1.13. The molecular weight excluding hydrogens is 210 g/mol. The van der Waals surface area contributed by atoms with Gasteiger partial charge in [-0.05, 0) is 25.2 Å². The largest absolute Gasteiger partial charge is 0.469 e. The third-order valence-electron chi connectivity index (χ3n) is 3.28. The number of hydrogen-bond acceptors (Lipinski definition) is 4. The van der Waals surface area contributed by atoms with Gasteiger partial charge in [0.25, 0.3) is 0 Å². The molecule has 1 fully saturated rings. The molecule has 0 radical (unpaired) electrons. The normalized spacial score (nSPS) is 31.2. The van der Waals surface area contributed by atoms with Crippen molar-refractivity contribution in [3.63, 3.8) is 0 Å². The average molecular weight is 229 g/mol. The van der Waals surface area contributed by atoms with E-state index in [1.165, 1.54) is 7.11 Å². The zero-order chi connectivity index (χ0) is 12.1. The summed E-state index contributed by atoms with van der Waals surface area (Å²) < 4.78 is 4.74. The second kappa shape index (κ2) is 5.82. The fourth-order valence-corrected chi connectivity index (χ4v) is 2.45. The number of carbonyl (C=O) groups excluding carboxylic acids is 1. The van der Waals surface area contributed by atoms with Crippen LogP contribution in [0.15, 0.2) is 0 Å². The quantitative estimate of drug-likeness (QED) is 0.412. The van der Waals surface area contributed by atoms with Crippen molar-refractivity contribution in [2.45, 2.75) is 45.1 Å². The molecule has 1 aliphatic rings. The van der Waals surface area contributed by atoms with Gasteiger partial charge in [0.15, 0.2) is 0 Å². The van der Waals surface area contributed by atoms with Gasteiger partial charge in [-0.1, -0.05) is 6.92 Å². The Morgan fingerprint density at radius 1 is 1.38 bits per heavy atom. The number of nitrogens with zero attached hydrogens (tertiary/aromatic N) is 1. The van der Waals surface area contributed by atoms with Crippen molar-refractivity contribution in [1.82, 2.24) is 0 Å². The maximum atomic E-state index is 11.4. The molecule has 0 heterocycles. The lowest BCUT2D eigenvalue weighted by Gasteiger charge is -2.23. The summed E-state index contributed by atoms with van der Waals surface area (Å²) in [5.41, 5.74) is 0. The summed E-state index contributed by atoms with van der Waals surface area (Å²) in [4.78, 5) is 22.0. The highest BCUT2D eigenvalue weighted by molar-refractivity contribution is 5.72. The molecule has 5 heteroatoms. The van der Waals surface area contributed by atoms with Crippen molar-refractivity contribution in [3.8, 4) is 0 Å². The molecular formula is C11H19NO4. The van der Waals surface area contributed by atoms with E-state index in [1.54, 1.807) is 0 Å². The molecule has 0 bridgehead atoms. The van der Waals surface area contributed by atoms with E-state index < -0.39 is 6.04 Å². The van der Waals surface area contributed by atoms with E-state index in [1.807, 2.05) is 6.92 Å². The predicted octanol–water partition coefficient (Wildman–Crippen LogP) is 2.02. The topological polar surface area (TPSA) is 69.4 Å². The zero-order valence-corrected chi connectivity index (χ0v) is 9.85. The summed E-state index contributed by atoms with van der Waals surface area (Å²) >= 11 is 0. The molecule has 0 aliphatic heterocycles. The van der Waals surface area contributed by atoms with Crippen LogP contribution in [0.5, 0.6) is 0 Å². The van der Waals surface area contributed by atoms with Crippen molar-refractivity contribution >= 4 is 5.97 Å². The Labute approximate surface area is 95.3 Å². The second-order valence-corrected chi connectivity index (χ2v) is 4.67. The minimum absolute atomic E-state index is 0.0762. The van der Waals surface area contributed by atoms with Gasteiger partial charge in [0.2, 0.25) is 6.04 Å². The van der Waals surface area contributed by atoms with Crippen LogP contribution < -0.4 is 0 Å². The fourth-order valence-electron chi connectivity index (χ4n) is 2.45. The van der Waals surface area contributed by atoms with Gasteiger partial charge in [-0.2, -0.15) is 0 Å². The summed E-state index contributed by atoms with van der Waals surface area (Å²) in [6, 6.07) is -0.436. The molecule has 1 aliphatic carbocycles. The first-order valence-electron chi connectivity index (χ1n) is 5.76. The molecule has 1 rings (SSSR count). The van der Waals surface area contributed by atoms with Gasteiger partial charge in [0, 0.05) is 17.8 Å². The molecule has 0 aromatic rings. The molecule has 0 spiro atoms. The van der Waals surface area contributed by atoms with Crippen LogP contribution in [0.25, 0.3) is 0 Å². The van der Waals surface area contributed by atoms with Crippen LogP contribution in [0, 0.1) is 22.0 Å². The van der Waals surface area contributed by atoms with E-state index in [-0.39, 0.29) is 22.7 Å². The van der Waals surface area contributed by atoms with Crippen LogP contribution in [0.3, 0.4) is 0 Å². The summed E-state index contributed by atoms with van der Waals surface area (Å²) in [7, 11) is 1.39. The highest BCUT2D eigenvalue weighted by Crippen LogP contribution is 2.28. The van der Waals surface area contributed by atoms with Crippen molar-refractivity contribution in [2.75, 3.05) is 7.11 Å². The molecule has 3 unspecified atom stereocenters. The molecule has 16 heavy (non-hydrogen) atoms. The lowest BCUT2D eigenvalue weighted by molar-refractivity contribution is -0.526. The van der Waals surface area contributed by atoms with Crippen molar-refractivity contribution in [3.05, 3.63) is 10.1 Å². The van der Waals surface area contributed by atoms with Gasteiger partial charge < -0.3 is 4.74 Å². The van der Waals surface area contributed by atoms with Gasteiger partial charge in [0.1, 0.15) is 0 Å². The maximum absolute atomic E-state index is 11.4. The first-order chi connectivity index (χ1) is 7.54. The van der Waals surface area contributed by atoms with E-state index in [0.717, 1.165) is 6.42 Å². The summed E-state index contributed by atoms with van der Waals surface area (Å²) in [6.45, 7) is 1.97. The third kappa shape index (κ3) is 3.47. The van der Waals surface area contributed by atoms with Gasteiger partial charge in [-0.3, -0.25) is 14.9 Å². The van der Waals surface area contributed by atoms with E-state index in [4.69, 9.17) is 4.74 Å². The van der Waals surface area contributed by atoms with Gasteiger partial charge >= 0.3 is 5.97 Å². The Morgan fingerprint density at radius 2 is 2.06 bits per heavy atom. The maximum Gasteiger partial charge on any atom is 0.308 e. The molecule has 0 aromatic carbocycles. The predicted molar refractivity (Wildman–Crippen MR) is 58.5 cm³/mol. The first kappa shape index (κ1) is 12.9. The average Bonchev–Trinajstić information content (AvgIpc) is 2.21. The Bertz CT molecular complexity index is 267. The number of methoxy groups -OCH3 is 1. The second-order valence-electron chi connectivity index (χ2n) is 4.67. The number of hydrogen-bond donors (Lipinski definition) is 0. The van der Waals surface area contributed by atoms with Gasteiger partial charge in [-0.25, -0.2) is 0 Å². The zero-order valence-electron chi connectivity index (χ0n) is 9.85. The first-order valence-corrected chi connectivity index (χ1v) is 5.76. The SMILES string of the molecule is COC(=O)C1CCCC([N+](=O)[O-])CC(C)C1. The number of ether oxygens (including phenoxy) is 1. The molecule has 0 amide bonds. The third-order valence-corrected chi connectivity index (χ3v) is 3.28. The van der Waals surface area contributed by atoms with E-state index >= 15 is 0 Å². The van der Waals surface area contributed by atoms with Gasteiger partial charge in [-0.15, -0.1) is 0 Å². The summed E-state index contributed by atoms with van der Waals surface area (Å²) in [5, 5.41) is 10.8. The molecule has 1 saturated carbocycles. The van der Waals surface area contributed by atoms with Crippen LogP contribution in [0.1, 0.15) is 39.0 Å². The standard InChI is InChI=1S/C11H19NO4/c1-8-6-9(11(13)16-2)4-3-5-10(7-8)12(14)15/h8-10H,3-7H2,1-2H3. The summed E-state index contributed by atoms with van der Waals surface area (Å²) in [6.07, 6.45) is 3.29. The number of rotatable bonds is 2. The van der Waals surface area contributed by atoms with Crippen molar-refractivity contribution in [2.24, 2.45) is 11.8 Å². The monoisotopic (exact) mass is 229 g/mol. The Balaban J connectivity index is 2.57. The highest BCUT2D eigenvalue weighted by Gasteiger charge is 2.30. The van der Waals surface area contributed by atoms with Gasteiger partial charge in [0.05, 0.1) is 13.0 Å². The number of nitro groups is 1. The van der Waals surface area contributed by atoms with Crippen LogP contribution in [0.4, 0.5) is 0 Å². The van der Waals surface area contributed by atoms with Crippen LogP contribution >= 0.6 is 0 Å². The smallest absolute Gasteiger partial charge is 0.308 e. The van der Waals surface area contributed by atoms with Crippen LogP contribution in [0.2, 0.25) is 0 Å². The minimum Gasteiger partial charge on any atom is -0.469 e. The van der Waals surface area contributed by atoms with Crippen molar-refractivity contribution < 1.29 is 14.5 Å². The molecule has 5 nitrogen and oxygen atoms in total. The lowest BCUT2D eigenvalue weighted by Crippen LogP contribution is -2.28. The van der Waals surface area contributed by atoms with E-state index in [0.29, 0.717) is 25.7 Å². The highest BCUT2D eigenvalue weighted by atomic mass is 16.6. The number of carbonyl (C=O) groups is 1. The van der Waals surface area contributed by atoms with Crippen LogP contribution in [-0.4, -0.2) is 24.0 Å². The van der Waals surface area contributed by atoms with Crippen LogP contribution in [-0.2, 0) is 9.53 Å². The minimum atomic E-state index is -0.436. The summed E-state index contributed by atoms with van der Waals surface area (Å²) in [5.74, 6) is -0.0427. The van der Waals surface area contributed by atoms with Crippen molar-refractivity contribution in [1.29, 1.82) is 0 Å². The molecule has 0 N–H and O–H groups in total. The van der Waals surface area contributed by atoms with E-state index in [2.05, 4.69) is 0 Å². The number of esters is 1. The molecule has 0 aromatic heterocycles. The van der Waals surface area contributed by atoms with E-state index in [9.17, 15) is 14.9 Å².